The van der Waals surface area contributed by atoms with Gasteiger partial charge in [0.25, 0.3) is 0 Å². The van der Waals surface area contributed by atoms with E-state index < -0.39 is 5.60 Å². The predicted molar refractivity (Wildman–Crippen MR) is 111 cm³/mol. The maximum atomic E-state index is 11.5. The van der Waals surface area contributed by atoms with Gasteiger partial charge in [0.2, 0.25) is 5.91 Å². The van der Waals surface area contributed by atoms with Crippen molar-refractivity contribution < 1.29 is 14.6 Å². The monoisotopic (exact) mass is 379 g/mol. The van der Waals surface area contributed by atoms with Crippen molar-refractivity contribution in [2.75, 3.05) is 13.1 Å². The van der Waals surface area contributed by atoms with Crippen LogP contribution in [0.15, 0.2) is 30.3 Å². The number of nitrogens with zero attached hydrogens (tertiary/aromatic N) is 1. The molecule has 28 heavy (non-hydrogen) atoms. The SMILES string of the molecule is CC(=O)N1CCC(Cc2cc(O)c3c(c2)OC(C)(C)c2ccc(C)cc2-3)CC1. The summed E-state index contributed by atoms with van der Waals surface area (Å²) in [5.74, 6) is 1.74. The highest BCUT2D eigenvalue weighted by atomic mass is 16.5. The molecule has 0 saturated carbocycles. The van der Waals surface area contributed by atoms with Gasteiger partial charge in [-0.2, -0.15) is 0 Å². The Bertz CT molecular complexity index is 924. The quantitative estimate of drug-likeness (QED) is 0.816. The van der Waals surface area contributed by atoms with E-state index in [0.717, 1.165) is 60.4 Å². The van der Waals surface area contributed by atoms with Gasteiger partial charge in [0.05, 0.1) is 5.56 Å². The normalized spacial score (nSPS) is 18.2. The number of hydrogen-bond donors (Lipinski definition) is 1. The van der Waals surface area contributed by atoms with Crippen molar-refractivity contribution in [1.29, 1.82) is 0 Å². The van der Waals surface area contributed by atoms with Crippen molar-refractivity contribution in [2.45, 2.75) is 52.6 Å². The summed E-state index contributed by atoms with van der Waals surface area (Å²) in [6, 6.07) is 10.3. The van der Waals surface area contributed by atoms with Crippen LogP contribution in [-0.4, -0.2) is 29.0 Å². The summed E-state index contributed by atoms with van der Waals surface area (Å²) >= 11 is 0. The summed E-state index contributed by atoms with van der Waals surface area (Å²) in [4.78, 5) is 13.5. The molecule has 0 atom stereocenters. The first-order chi connectivity index (χ1) is 13.2. The van der Waals surface area contributed by atoms with E-state index in [1.165, 1.54) is 5.56 Å². The van der Waals surface area contributed by atoms with Gasteiger partial charge in [-0.25, -0.2) is 0 Å². The van der Waals surface area contributed by atoms with E-state index >= 15 is 0 Å². The number of phenols is 1. The Hall–Kier alpha value is -2.49. The Morgan fingerprint density at radius 1 is 1.21 bits per heavy atom. The molecule has 1 fully saturated rings. The lowest BCUT2D eigenvalue weighted by Gasteiger charge is -2.36. The minimum absolute atomic E-state index is 0.162. The highest BCUT2D eigenvalue weighted by Gasteiger charge is 2.34. The number of piperidine rings is 1. The zero-order valence-electron chi connectivity index (χ0n) is 17.2. The second kappa shape index (κ2) is 6.84. The highest BCUT2D eigenvalue weighted by Crippen LogP contribution is 2.50. The molecule has 0 spiro atoms. The average Bonchev–Trinajstić information content (AvgIpc) is 2.60. The zero-order chi connectivity index (χ0) is 20.1. The first-order valence-corrected chi connectivity index (χ1v) is 10.2. The molecule has 0 radical (unpaired) electrons. The zero-order valence-corrected chi connectivity index (χ0v) is 17.2. The van der Waals surface area contributed by atoms with Crippen LogP contribution in [0.25, 0.3) is 11.1 Å². The number of benzene rings is 2. The minimum atomic E-state index is -0.437. The molecule has 1 amide bonds. The second-order valence-electron chi connectivity index (χ2n) is 8.80. The third-order valence-corrected chi connectivity index (χ3v) is 6.18. The molecule has 2 aromatic carbocycles. The van der Waals surface area contributed by atoms with Gasteiger partial charge in [-0.3, -0.25) is 4.79 Å². The van der Waals surface area contributed by atoms with E-state index in [4.69, 9.17) is 4.74 Å². The van der Waals surface area contributed by atoms with Gasteiger partial charge < -0.3 is 14.7 Å². The Kier molecular flexibility index (Phi) is 4.60. The molecule has 2 aromatic rings. The number of ether oxygens (including phenoxy) is 1. The summed E-state index contributed by atoms with van der Waals surface area (Å²) in [7, 11) is 0. The molecule has 148 valence electrons. The summed E-state index contributed by atoms with van der Waals surface area (Å²) in [5, 5.41) is 10.9. The van der Waals surface area contributed by atoms with Gasteiger partial charge in [0.1, 0.15) is 17.1 Å². The van der Waals surface area contributed by atoms with Crippen molar-refractivity contribution in [1.82, 2.24) is 4.90 Å². The Morgan fingerprint density at radius 2 is 1.93 bits per heavy atom. The predicted octanol–water partition coefficient (Wildman–Crippen LogP) is 4.80. The van der Waals surface area contributed by atoms with E-state index in [1.54, 1.807) is 6.92 Å². The molecule has 0 aromatic heterocycles. The molecule has 1 N–H and O–H groups in total. The fourth-order valence-corrected chi connectivity index (χ4v) is 4.63. The van der Waals surface area contributed by atoms with Gasteiger partial charge in [0.15, 0.2) is 0 Å². The molecule has 2 aliphatic rings. The molecule has 4 heteroatoms. The molecule has 1 saturated heterocycles. The number of carbonyl (C=O) groups is 1. The van der Waals surface area contributed by atoms with Crippen molar-refractivity contribution in [3.63, 3.8) is 0 Å². The topological polar surface area (TPSA) is 49.8 Å². The number of rotatable bonds is 2. The van der Waals surface area contributed by atoms with Crippen molar-refractivity contribution in [2.24, 2.45) is 5.92 Å². The van der Waals surface area contributed by atoms with Crippen molar-refractivity contribution >= 4 is 5.91 Å². The first kappa shape index (κ1) is 18.9. The molecular weight excluding hydrogens is 350 g/mol. The minimum Gasteiger partial charge on any atom is -0.507 e. The molecule has 2 heterocycles. The summed E-state index contributed by atoms with van der Waals surface area (Å²) in [5.41, 5.74) is 4.80. The fraction of sp³-hybridized carbons (Fsp3) is 0.458. The van der Waals surface area contributed by atoms with Gasteiger partial charge in [-0.15, -0.1) is 0 Å². The first-order valence-electron chi connectivity index (χ1n) is 10.2. The third kappa shape index (κ3) is 3.36. The molecule has 4 nitrogen and oxygen atoms in total. The van der Waals surface area contributed by atoms with Crippen LogP contribution >= 0.6 is 0 Å². The summed E-state index contributed by atoms with van der Waals surface area (Å²) in [6.07, 6.45) is 2.91. The smallest absolute Gasteiger partial charge is 0.219 e. The van der Waals surface area contributed by atoms with E-state index in [0.29, 0.717) is 5.92 Å². The van der Waals surface area contributed by atoms with Gasteiger partial charge in [-0.1, -0.05) is 23.8 Å². The van der Waals surface area contributed by atoms with Crippen LogP contribution < -0.4 is 4.74 Å². The number of amides is 1. The van der Waals surface area contributed by atoms with E-state index in [-0.39, 0.29) is 11.7 Å². The van der Waals surface area contributed by atoms with Crippen LogP contribution in [-0.2, 0) is 16.8 Å². The molecule has 2 aliphatic heterocycles. The number of aryl methyl sites for hydroxylation is 1. The van der Waals surface area contributed by atoms with E-state index in [9.17, 15) is 9.90 Å². The largest absolute Gasteiger partial charge is 0.507 e. The van der Waals surface area contributed by atoms with Crippen LogP contribution in [0.2, 0.25) is 0 Å². The maximum absolute atomic E-state index is 11.5. The van der Waals surface area contributed by atoms with Gasteiger partial charge in [-0.05, 0) is 69.2 Å². The lowest BCUT2D eigenvalue weighted by Crippen LogP contribution is -2.37. The van der Waals surface area contributed by atoms with Crippen molar-refractivity contribution in [3.8, 4) is 22.6 Å². The highest BCUT2D eigenvalue weighted by molar-refractivity contribution is 5.82. The number of hydrogen-bond acceptors (Lipinski definition) is 3. The average molecular weight is 380 g/mol. The molecule has 0 aliphatic carbocycles. The molecular formula is C24H29NO3. The van der Waals surface area contributed by atoms with Crippen LogP contribution in [0.1, 0.15) is 50.3 Å². The molecule has 4 rings (SSSR count). The van der Waals surface area contributed by atoms with Gasteiger partial charge in [0, 0.05) is 25.6 Å². The number of likely N-dealkylation sites (tertiary alicyclic amines) is 1. The van der Waals surface area contributed by atoms with Crippen molar-refractivity contribution in [3.05, 3.63) is 47.0 Å². The second-order valence-corrected chi connectivity index (χ2v) is 8.80. The number of phenolic OH excluding ortho intramolecular Hbond substituents is 1. The molecule has 0 unspecified atom stereocenters. The standard InChI is InChI=1S/C24H29NO3/c1-15-5-6-20-19(11-15)23-21(27)13-18(14-22(23)28-24(20,3)4)12-17-7-9-25(10-8-17)16(2)26/h5-6,11,13-14,17,27H,7-10,12H2,1-4H3. The van der Waals surface area contributed by atoms with E-state index in [2.05, 4.69) is 45.0 Å². The molecule has 0 bridgehead atoms. The van der Waals surface area contributed by atoms with Crippen LogP contribution in [0.3, 0.4) is 0 Å². The lowest BCUT2D eigenvalue weighted by molar-refractivity contribution is -0.130. The number of carbonyl (C=O) groups excluding carboxylic acids is 1. The Morgan fingerprint density at radius 3 is 2.61 bits per heavy atom. The Balaban J connectivity index is 1.63. The fourth-order valence-electron chi connectivity index (χ4n) is 4.63. The van der Waals surface area contributed by atoms with Crippen LogP contribution in [0.4, 0.5) is 0 Å². The summed E-state index contributed by atoms with van der Waals surface area (Å²) in [6.45, 7) is 9.51. The van der Waals surface area contributed by atoms with E-state index in [1.807, 2.05) is 11.0 Å². The third-order valence-electron chi connectivity index (χ3n) is 6.18. The van der Waals surface area contributed by atoms with Crippen LogP contribution in [0, 0.1) is 12.8 Å². The number of aromatic hydroxyl groups is 1. The Labute approximate surface area is 167 Å². The lowest BCUT2D eigenvalue weighted by atomic mass is 9.83. The van der Waals surface area contributed by atoms with Gasteiger partial charge >= 0.3 is 0 Å². The maximum Gasteiger partial charge on any atom is 0.219 e. The summed E-state index contributed by atoms with van der Waals surface area (Å²) < 4.78 is 6.33. The van der Waals surface area contributed by atoms with Crippen LogP contribution in [0.5, 0.6) is 11.5 Å². The number of fused-ring (bicyclic) bond motifs is 3.